The van der Waals surface area contributed by atoms with Crippen LogP contribution in [0.5, 0.6) is 0 Å². The Hall–Kier alpha value is -1.24. The van der Waals surface area contributed by atoms with Crippen molar-refractivity contribution in [1.29, 1.82) is 5.26 Å². The largest absolute Gasteiger partial charge is 0.380 e. The van der Waals surface area contributed by atoms with Crippen LogP contribution in [0.15, 0.2) is 18.2 Å². The van der Waals surface area contributed by atoms with Crippen molar-refractivity contribution in [2.45, 2.75) is 31.3 Å². The molecular formula is C14H16ClN3. The Balaban J connectivity index is 1.80. The fraction of sp³-hybridized carbons (Fsp3) is 0.500. The Kier molecular flexibility index (Phi) is 3.15. The van der Waals surface area contributed by atoms with Crippen LogP contribution in [-0.2, 0) is 0 Å². The lowest BCUT2D eigenvalue weighted by Crippen LogP contribution is -2.33. The Morgan fingerprint density at radius 2 is 2.22 bits per heavy atom. The topological polar surface area (TPSA) is 39.1 Å². The summed E-state index contributed by atoms with van der Waals surface area (Å²) >= 11 is 6.01. The zero-order valence-corrected chi connectivity index (χ0v) is 11.0. The van der Waals surface area contributed by atoms with Gasteiger partial charge in [-0.15, -0.1) is 0 Å². The molecule has 4 heteroatoms. The number of nitrogens with zero attached hydrogens (tertiary/aromatic N) is 2. The number of hydrogen-bond donors (Lipinski definition) is 1. The van der Waals surface area contributed by atoms with Gasteiger partial charge in [-0.2, -0.15) is 5.26 Å². The van der Waals surface area contributed by atoms with Gasteiger partial charge in [0, 0.05) is 23.7 Å². The van der Waals surface area contributed by atoms with Crippen molar-refractivity contribution in [2.75, 3.05) is 18.4 Å². The van der Waals surface area contributed by atoms with Crippen molar-refractivity contribution in [3.8, 4) is 6.07 Å². The highest BCUT2D eigenvalue weighted by Crippen LogP contribution is 2.31. The second kappa shape index (κ2) is 4.79. The van der Waals surface area contributed by atoms with E-state index in [0.717, 1.165) is 12.1 Å². The molecule has 1 N–H and O–H groups in total. The van der Waals surface area contributed by atoms with E-state index in [2.05, 4.69) is 16.3 Å². The lowest BCUT2D eigenvalue weighted by Gasteiger charge is -2.22. The molecule has 0 saturated carbocycles. The lowest BCUT2D eigenvalue weighted by molar-refractivity contribution is 0.318. The molecule has 18 heavy (non-hydrogen) atoms. The van der Waals surface area contributed by atoms with E-state index < -0.39 is 0 Å². The highest BCUT2D eigenvalue weighted by atomic mass is 35.5. The molecule has 1 aromatic rings. The first-order chi connectivity index (χ1) is 8.78. The zero-order chi connectivity index (χ0) is 12.5. The minimum atomic E-state index is 0.457. The van der Waals surface area contributed by atoms with Gasteiger partial charge in [0.2, 0.25) is 0 Å². The summed E-state index contributed by atoms with van der Waals surface area (Å²) in [5.41, 5.74) is 1.56. The number of benzene rings is 1. The van der Waals surface area contributed by atoms with E-state index >= 15 is 0 Å². The Morgan fingerprint density at radius 1 is 1.33 bits per heavy atom. The molecule has 3 rings (SSSR count). The molecule has 2 atom stereocenters. The molecule has 0 amide bonds. The summed E-state index contributed by atoms with van der Waals surface area (Å²) in [5, 5.41) is 13.3. The van der Waals surface area contributed by atoms with E-state index in [9.17, 15) is 0 Å². The maximum atomic E-state index is 9.13. The van der Waals surface area contributed by atoms with Gasteiger partial charge >= 0.3 is 0 Å². The van der Waals surface area contributed by atoms with Crippen LogP contribution in [0.2, 0.25) is 5.02 Å². The fourth-order valence-corrected chi connectivity index (χ4v) is 3.36. The summed E-state index contributed by atoms with van der Waals surface area (Å²) in [6.07, 6.45) is 3.71. The first kappa shape index (κ1) is 11.8. The average Bonchev–Trinajstić information content (AvgIpc) is 2.94. The zero-order valence-electron chi connectivity index (χ0n) is 10.2. The molecule has 1 aromatic carbocycles. The SMILES string of the molecule is N#Cc1ccc(Cl)cc1NC1CCN2CCCC12. The van der Waals surface area contributed by atoms with E-state index in [4.69, 9.17) is 16.9 Å². The number of halogens is 1. The van der Waals surface area contributed by atoms with Crippen LogP contribution >= 0.6 is 11.6 Å². The van der Waals surface area contributed by atoms with Gasteiger partial charge in [-0.25, -0.2) is 0 Å². The summed E-state index contributed by atoms with van der Waals surface area (Å²) in [4.78, 5) is 2.55. The third-order valence-corrected chi connectivity index (χ3v) is 4.28. The van der Waals surface area contributed by atoms with E-state index in [0.29, 0.717) is 22.7 Å². The molecule has 0 bridgehead atoms. The smallest absolute Gasteiger partial charge is 0.101 e. The van der Waals surface area contributed by atoms with Crippen molar-refractivity contribution in [2.24, 2.45) is 0 Å². The first-order valence-corrected chi connectivity index (χ1v) is 6.86. The summed E-state index contributed by atoms with van der Waals surface area (Å²) in [6, 6.07) is 8.72. The molecule has 2 heterocycles. The molecule has 2 unspecified atom stereocenters. The molecule has 2 fully saturated rings. The highest BCUT2D eigenvalue weighted by Gasteiger charge is 2.37. The minimum Gasteiger partial charge on any atom is -0.380 e. The number of fused-ring (bicyclic) bond motifs is 1. The lowest BCUT2D eigenvalue weighted by atomic mass is 10.1. The van der Waals surface area contributed by atoms with E-state index in [1.807, 2.05) is 6.07 Å². The predicted octanol–water partition coefficient (Wildman–Crippen LogP) is 2.86. The molecule has 94 valence electrons. The van der Waals surface area contributed by atoms with Gasteiger partial charge in [-0.1, -0.05) is 11.6 Å². The maximum absolute atomic E-state index is 9.13. The molecule has 2 aliphatic rings. The predicted molar refractivity (Wildman–Crippen MR) is 72.8 cm³/mol. The third kappa shape index (κ3) is 2.07. The van der Waals surface area contributed by atoms with Crippen LogP contribution in [0, 0.1) is 11.3 Å². The molecule has 0 spiro atoms. The molecule has 2 saturated heterocycles. The Labute approximate surface area is 112 Å². The van der Waals surface area contributed by atoms with Gasteiger partial charge in [-0.05, 0) is 44.0 Å². The van der Waals surface area contributed by atoms with Crippen LogP contribution in [0.25, 0.3) is 0 Å². The van der Waals surface area contributed by atoms with Gasteiger partial charge in [-0.3, -0.25) is 4.90 Å². The monoisotopic (exact) mass is 261 g/mol. The molecule has 0 aromatic heterocycles. The summed E-state index contributed by atoms with van der Waals surface area (Å²) in [6.45, 7) is 2.40. The van der Waals surface area contributed by atoms with Crippen molar-refractivity contribution in [3.05, 3.63) is 28.8 Å². The molecule has 3 nitrogen and oxygen atoms in total. The number of rotatable bonds is 2. The van der Waals surface area contributed by atoms with Crippen molar-refractivity contribution in [1.82, 2.24) is 4.90 Å². The quantitative estimate of drug-likeness (QED) is 0.890. The van der Waals surface area contributed by atoms with Gasteiger partial charge in [0.25, 0.3) is 0 Å². The Bertz CT molecular complexity index is 494. The minimum absolute atomic E-state index is 0.457. The standard InChI is InChI=1S/C14H16ClN3/c15-11-4-3-10(9-16)13(8-11)17-12-5-7-18-6-1-2-14(12)18/h3-4,8,12,14,17H,1-2,5-7H2. The maximum Gasteiger partial charge on any atom is 0.101 e. The molecule has 0 radical (unpaired) electrons. The number of hydrogen-bond acceptors (Lipinski definition) is 3. The van der Waals surface area contributed by atoms with Crippen molar-refractivity contribution < 1.29 is 0 Å². The van der Waals surface area contributed by atoms with Crippen LogP contribution in [0.3, 0.4) is 0 Å². The number of nitrogens with one attached hydrogen (secondary N) is 1. The number of anilines is 1. The van der Waals surface area contributed by atoms with Gasteiger partial charge in [0.05, 0.1) is 11.3 Å². The van der Waals surface area contributed by atoms with Gasteiger partial charge in [0.15, 0.2) is 0 Å². The van der Waals surface area contributed by atoms with E-state index in [-0.39, 0.29) is 0 Å². The van der Waals surface area contributed by atoms with Gasteiger partial charge < -0.3 is 5.32 Å². The van der Waals surface area contributed by atoms with E-state index in [1.165, 1.54) is 25.9 Å². The molecule has 2 aliphatic heterocycles. The van der Waals surface area contributed by atoms with Crippen LogP contribution in [0.4, 0.5) is 5.69 Å². The van der Waals surface area contributed by atoms with Crippen molar-refractivity contribution >= 4 is 17.3 Å². The van der Waals surface area contributed by atoms with Crippen LogP contribution in [-0.4, -0.2) is 30.1 Å². The first-order valence-electron chi connectivity index (χ1n) is 6.48. The molecular weight excluding hydrogens is 246 g/mol. The summed E-state index contributed by atoms with van der Waals surface area (Å²) in [7, 11) is 0. The normalized spacial score (nSPS) is 26.9. The number of nitriles is 1. The van der Waals surface area contributed by atoms with Crippen LogP contribution in [0.1, 0.15) is 24.8 Å². The summed E-state index contributed by atoms with van der Waals surface area (Å²) in [5.74, 6) is 0. The van der Waals surface area contributed by atoms with Crippen molar-refractivity contribution in [3.63, 3.8) is 0 Å². The fourth-order valence-electron chi connectivity index (χ4n) is 3.18. The third-order valence-electron chi connectivity index (χ3n) is 4.05. The Morgan fingerprint density at radius 3 is 3.06 bits per heavy atom. The van der Waals surface area contributed by atoms with Gasteiger partial charge in [0.1, 0.15) is 6.07 Å². The average molecular weight is 262 g/mol. The second-order valence-corrected chi connectivity index (χ2v) is 5.52. The molecule has 0 aliphatic carbocycles. The highest BCUT2D eigenvalue weighted by molar-refractivity contribution is 6.30. The second-order valence-electron chi connectivity index (χ2n) is 5.09. The van der Waals surface area contributed by atoms with Crippen LogP contribution < -0.4 is 5.32 Å². The van der Waals surface area contributed by atoms with E-state index in [1.54, 1.807) is 12.1 Å². The summed E-state index contributed by atoms with van der Waals surface area (Å²) < 4.78 is 0.